The van der Waals surface area contributed by atoms with Gasteiger partial charge in [-0.2, -0.15) is 0 Å². The molecule has 0 aromatic rings. The highest BCUT2D eigenvalue weighted by molar-refractivity contribution is 5.93. The Balaban J connectivity index is 2.28. The number of esters is 1. The van der Waals surface area contributed by atoms with Crippen LogP contribution in [0.1, 0.15) is 25.7 Å². The lowest BCUT2D eigenvalue weighted by Gasteiger charge is -1.98. The van der Waals surface area contributed by atoms with Crippen LogP contribution in [0.2, 0.25) is 0 Å². The Kier molecular flexibility index (Phi) is 3.02. The van der Waals surface area contributed by atoms with Crippen LogP contribution in [0.4, 0.5) is 0 Å². The van der Waals surface area contributed by atoms with E-state index in [1.165, 1.54) is 7.11 Å². The van der Waals surface area contributed by atoms with Gasteiger partial charge in [-0.25, -0.2) is 0 Å². The van der Waals surface area contributed by atoms with Crippen LogP contribution in [0, 0.1) is 0 Å². The number of rotatable bonds is 3. The summed E-state index contributed by atoms with van der Waals surface area (Å²) in [4.78, 5) is 21.5. The van der Waals surface area contributed by atoms with Crippen molar-refractivity contribution in [1.29, 1.82) is 0 Å². The maximum atomic E-state index is 10.8. The van der Waals surface area contributed by atoms with Gasteiger partial charge in [0.2, 0.25) is 0 Å². The normalized spacial score (nSPS) is 16.1. The van der Waals surface area contributed by atoms with Crippen molar-refractivity contribution in [3.05, 3.63) is 11.6 Å². The molecule has 0 aromatic carbocycles. The number of methoxy groups -OCH3 is 1. The van der Waals surface area contributed by atoms with E-state index < -0.39 is 0 Å². The van der Waals surface area contributed by atoms with Gasteiger partial charge in [-0.1, -0.05) is 5.57 Å². The molecular weight excluding hydrogens is 156 g/mol. The average Bonchev–Trinajstić information content (AvgIpc) is 2.47. The van der Waals surface area contributed by atoms with E-state index in [0.717, 1.165) is 12.0 Å². The fourth-order valence-electron chi connectivity index (χ4n) is 1.22. The van der Waals surface area contributed by atoms with Crippen LogP contribution in [-0.2, 0) is 14.3 Å². The van der Waals surface area contributed by atoms with Gasteiger partial charge < -0.3 is 4.74 Å². The standard InChI is InChI=1S/C9H12O3/c1-12-9(11)5-3-7-2-4-8(10)6-7/h6H,2-5H2,1H3. The summed E-state index contributed by atoms with van der Waals surface area (Å²) in [6, 6.07) is 0. The molecule has 0 heterocycles. The number of ether oxygens (including phenoxy) is 1. The van der Waals surface area contributed by atoms with Gasteiger partial charge in [0.25, 0.3) is 0 Å². The van der Waals surface area contributed by atoms with E-state index in [4.69, 9.17) is 0 Å². The highest BCUT2D eigenvalue weighted by Crippen LogP contribution is 2.19. The Hall–Kier alpha value is -1.12. The molecule has 0 aliphatic heterocycles. The van der Waals surface area contributed by atoms with Crippen molar-refractivity contribution in [1.82, 2.24) is 0 Å². The molecule has 0 fully saturated rings. The van der Waals surface area contributed by atoms with E-state index in [1.807, 2.05) is 0 Å². The quantitative estimate of drug-likeness (QED) is 0.595. The molecule has 0 spiro atoms. The zero-order valence-electron chi connectivity index (χ0n) is 7.13. The maximum absolute atomic E-state index is 10.8. The Morgan fingerprint density at radius 3 is 2.83 bits per heavy atom. The molecule has 0 radical (unpaired) electrons. The van der Waals surface area contributed by atoms with Crippen LogP contribution in [0.3, 0.4) is 0 Å². The molecule has 66 valence electrons. The van der Waals surface area contributed by atoms with Crippen molar-refractivity contribution in [3.8, 4) is 0 Å². The number of carbonyl (C=O) groups excluding carboxylic acids is 2. The van der Waals surface area contributed by atoms with E-state index in [2.05, 4.69) is 4.74 Å². The first-order valence-corrected chi connectivity index (χ1v) is 4.01. The molecule has 0 amide bonds. The summed E-state index contributed by atoms with van der Waals surface area (Å²) in [6.07, 6.45) is 4.11. The van der Waals surface area contributed by atoms with E-state index in [-0.39, 0.29) is 11.8 Å². The van der Waals surface area contributed by atoms with Gasteiger partial charge in [0, 0.05) is 12.8 Å². The highest BCUT2D eigenvalue weighted by Gasteiger charge is 2.12. The Labute approximate surface area is 71.4 Å². The summed E-state index contributed by atoms with van der Waals surface area (Å²) < 4.78 is 4.49. The summed E-state index contributed by atoms with van der Waals surface area (Å²) in [5.41, 5.74) is 1.07. The summed E-state index contributed by atoms with van der Waals surface area (Å²) in [5, 5.41) is 0. The van der Waals surface area contributed by atoms with Crippen molar-refractivity contribution in [2.75, 3.05) is 7.11 Å². The van der Waals surface area contributed by atoms with Gasteiger partial charge in [-0.3, -0.25) is 9.59 Å². The van der Waals surface area contributed by atoms with E-state index in [1.54, 1.807) is 6.08 Å². The first kappa shape index (κ1) is 8.97. The summed E-state index contributed by atoms with van der Waals surface area (Å²) in [7, 11) is 1.37. The van der Waals surface area contributed by atoms with E-state index in [0.29, 0.717) is 19.3 Å². The van der Waals surface area contributed by atoms with Crippen LogP contribution in [0.15, 0.2) is 11.6 Å². The number of ketones is 1. The van der Waals surface area contributed by atoms with Gasteiger partial charge in [0.15, 0.2) is 5.78 Å². The summed E-state index contributed by atoms with van der Waals surface area (Å²) in [6.45, 7) is 0. The minimum absolute atomic E-state index is 0.176. The fraction of sp³-hybridized carbons (Fsp3) is 0.556. The van der Waals surface area contributed by atoms with E-state index in [9.17, 15) is 9.59 Å². The third kappa shape index (κ3) is 2.49. The van der Waals surface area contributed by atoms with Crippen LogP contribution < -0.4 is 0 Å². The maximum Gasteiger partial charge on any atom is 0.305 e. The Morgan fingerprint density at radius 2 is 2.33 bits per heavy atom. The lowest BCUT2D eigenvalue weighted by molar-refractivity contribution is -0.140. The second-order valence-corrected chi connectivity index (χ2v) is 2.85. The van der Waals surface area contributed by atoms with Crippen molar-refractivity contribution in [3.63, 3.8) is 0 Å². The topological polar surface area (TPSA) is 43.4 Å². The van der Waals surface area contributed by atoms with Crippen molar-refractivity contribution in [2.24, 2.45) is 0 Å². The smallest absolute Gasteiger partial charge is 0.305 e. The Morgan fingerprint density at radius 1 is 1.58 bits per heavy atom. The molecule has 3 heteroatoms. The second-order valence-electron chi connectivity index (χ2n) is 2.85. The predicted molar refractivity (Wildman–Crippen MR) is 43.6 cm³/mol. The molecule has 1 aliphatic carbocycles. The number of hydrogen-bond acceptors (Lipinski definition) is 3. The molecule has 3 nitrogen and oxygen atoms in total. The van der Waals surface area contributed by atoms with Crippen LogP contribution in [0.25, 0.3) is 0 Å². The first-order chi connectivity index (χ1) is 5.72. The zero-order chi connectivity index (χ0) is 8.97. The Bertz CT molecular complexity index is 228. The molecule has 1 aliphatic rings. The number of carbonyl (C=O) groups is 2. The summed E-state index contributed by atoms with van der Waals surface area (Å²) >= 11 is 0. The minimum Gasteiger partial charge on any atom is -0.469 e. The van der Waals surface area contributed by atoms with Gasteiger partial charge in [-0.15, -0.1) is 0 Å². The SMILES string of the molecule is COC(=O)CCC1=CC(=O)CC1. The molecule has 0 atom stereocenters. The van der Waals surface area contributed by atoms with Crippen molar-refractivity contribution >= 4 is 11.8 Å². The van der Waals surface area contributed by atoms with Crippen molar-refractivity contribution < 1.29 is 14.3 Å². The lowest BCUT2D eigenvalue weighted by atomic mass is 10.1. The molecule has 12 heavy (non-hydrogen) atoms. The monoisotopic (exact) mass is 168 g/mol. The van der Waals surface area contributed by atoms with E-state index >= 15 is 0 Å². The second kappa shape index (κ2) is 4.04. The third-order valence-electron chi connectivity index (χ3n) is 1.94. The molecule has 0 saturated heterocycles. The highest BCUT2D eigenvalue weighted by atomic mass is 16.5. The molecule has 1 rings (SSSR count). The van der Waals surface area contributed by atoms with Crippen LogP contribution >= 0.6 is 0 Å². The molecular formula is C9H12O3. The molecule has 0 bridgehead atoms. The first-order valence-electron chi connectivity index (χ1n) is 4.01. The minimum atomic E-state index is -0.213. The van der Waals surface area contributed by atoms with Crippen LogP contribution in [-0.4, -0.2) is 18.9 Å². The lowest BCUT2D eigenvalue weighted by Crippen LogP contribution is -1.99. The zero-order valence-corrected chi connectivity index (χ0v) is 7.13. The predicted octanol–water partition coefficient (Wildman–Crippen LogP) is 1.23. The van der Waals surface area contributed by atoms with Gasteiger partial charge in [0.1, 0.15) is 0 Å². The largest absolute Gasteiger partial charge is 0.469 e. The third-order valence-corrected chi connectivity index (χ3v) is 1.94. The van der Waals surface area contributed by atoms with Gasteiger partial charge >= 0.3 is 5.97 Å². The molecule has 0 saturated carbocycles. The fourth-order valence-corrected chi connectivity index (χ4v) is 1.22. The van der Waals surface area contributed by atoms with Gasteiger partial charge in [0.05, 0.1) is 7.11 Å². The number of hydrogen-bond donors (Lipinski definition) is 0. The van der Waals surface area contributed by atoms with Crippen LogP contribution in [0.5, 0.6) is 0 Å². The number of allylic oxidation sites excluding steroid dienone is 2. The molecule has 0 aromatic heterocycles. The molecule has 0 unspecified atom stereocenters. The van der Waals surface area contributed by atoms with Crippen molar-refractivity contribution in [2.45, 2.75) is 25.7 Å². The molecule has 0 N–H and O–H groups in total. The summed E-state index contributed by atoms with van der Waals surface area (Å²) in [5.74, 6) is -0.0369. The average molecular weight is 168 g/mol. The van der Waals surface area contributed by atoms with Gasteiger partial charge in [-0.05, 0) is 18.9 Å².